The highest BCUT2D eigenvalue weighted by Gasteiger charge is 2.39. The van der Waals surface area contributed by atoms with E-state index in [0.717, 1.165) is 0 Å². The van der Waals surface area contributed by atoms with Crippen LogP contribution in [0.15, 0.2) is 4.99 Å². The first-order chi connectivity index (χ1) is 15.3. The third-order valence-corrected chi connectivity index (χ3v) is 4.83. The lowest BCUT2D eigenvalue weighted by Gasteiger charge is -2.38. The number of likely N-dealkylation sites (tertiary alicyclic amines) is 1. The Balaban J connectivity index is 2.97. The first-order valence-corrected chi connectivity index (χ1v) is 11.0. The van der Waals surface area contributed by atoms with Crippen molar-refractivity contribution in [3.63, 3.8) is 0 Å². The predicted octanol–water partition coefficient (Wildman–Crippen LogP) is 0.946. The van der Waals surface area contributed by atoms with Gasteiger partial charge in [0.2, 0.25) is 5.91 Å². The van der Waals surface area contributed by atoms with Crippen LogP contribution in [0, 0.1) is 16.0 Å². The molecule has 1 aliphatic rings. The topological polar surface area (TPSA) is 178 Å². The molecule has 4 N–H and O–H groups in total. The molecular weight excluding hydrogens is 436 g/mol. The van der Waals surface area contributed by atoms with Gasteiger partial charge in [-0.1, -0.05) is 12.3 Å². The van der Waals surface area contributed by atoms with Gasteiger partial charge in [-0.05, 0) is 59.3 Å². The minimum Gasteiger partial charge on any atom is -0.464 e. The molecule has 0 aromatic carbocycles. The Kier molecular flexibility index (Phi) is 10.8. The van der Waals surface area contributed by atoms with Crippen LogP contribution in [0.5, 0.6) is 0 Å². The molecule has 2 amide bonds. The number of esters is 1. The summed E-state index contributed by atoms with van der Waals surface area (Å²) in [7, 11) is 0. The van der Waals surface area contributed by atoms with E-state index in [1.54, 1.807) is 33.1 Å². The molecule has 0 bridgehead atoms. The lowest BCUT2D eigenvalue weighted by Crippen LogP contribution is -2.57. The van der Waals surface area contributed by atoms with E-state index in [2.05, 4.69) is 10.3 Å². The number of nitrogens with two attached hydrogens (primary N) is 1. The molecule has 33 heavy (non-hydrogen) atoms. The Labute approximate surface area is 193 Å². The molecule has 1 rings (SSSR count). The molecule has 0 spiro atoms. The van der Waals surface area contributed by atoms with Crippen molar-refractivity contribution < 1.29 is 28.9 Å². The number of ether oxygens (including phenoxy) is 2. The summed E-state index contributed by atoms with van der Waals surface area (Å²) < 4.78 is 10.4. The number of piperidine rings is 1. The number of alkyl carbamates (subject to hydrolysis) is 1. The van der Waals surface area contributed by atoms with Gasteiger partial charge in [0, 0.05) is 13.1 Å². The van der Waals surface area contributed by atoms with E-state index in [1.807, 2.05) is 6.92 Å². The first-order valence-electron chi connectivity index (χ1n) is 11.0. The van der Waals surface area contributed by atoms with Gasteiger partial charge in [0.15, 0.2) is 5.03 Å². The number of carbonyl (C=O) groups excluding carboxylic acids is 3. The molecule has 13 nitrogen and oxygen atoms in total. The van der Waals surface area contributed by atoms with Crippen molar-refractivity contribution in [3.8, 4) is 0 Å². The van der Waals surface area contributed by atoms with Crippen LogP contribution in [0.1, 0.15) is 60.3 Å². The number of hydrazine groups is 1. The van der Waals surface area contributed by atoms with Gasteiger partial charge in [-0.15, -0.1) is 0 Å². The number of nitrogens with one attached hydrogen (secondary N) is 2. The smallest absolute Gasteiger partial charge is 0.408 e. The number of carbonyl (C=O) groups is 3. The van der Waals surface area contributed by atoms with Crippen LogP contribution in [0.3, 0.4) is 0 Å². The average molecular weight is 473 g/mol. The Morgan fingerprint density at radius 3 is 2.58 bits per heavy atom. The van der Waals surface area contributed by atoms with Crippen LogP contribution in [0.4, 0.5) is 4.79 Å². The van der Waals surface area contributed by atoms with Gasteiger partial charge in [-0.3, -0.25) is 4.79 Å². The zero-order valence-electron chi connectivity index (χ0n) is 20.0. The number of aliphatic imine (C=N–C) groups is 1. The summed E-state index contributed by atoms with van der Waals surface area (Å²) in [6, 6.07) is -1.72. The van der Waals surface area contributed by atoms with Crippen molar-refractivity contribution in [2.24, 2.45) is 16.6 Å². The van der Waals surface area contributed by atoms with Crippen LogP contribution in [-0.4, -0.2) is 71.2 Å². The van der Waals surface area contributed by atoms with Gasteiger partial charge in [0.1, 0.15) is 17.7 Å². The molecule has 3 atom stereocenters. The van der Waals surface area contributed by atoms with Crippen LogP contribution in [0.2, 0.25) is 0 Å². The highest BCUT2D eigenvalue weighted by atomic mass is 16.7. The van der Waals surface area contributed by atoms with E-state index >= 15 is 0 Å². The third kappa shape index (κ3) is 10.4. The van der Waals surface area contributed by atoms with E-state index in [0.29, 0.717) is 25.8 Å². The average Bonchev–Trinajstić information content (AvgIpc) is 2.68. The Hall–Kier alpha value is -3.12. The molecule has 0 saturated carbocycles. The molecule has 1 saturated heterocycles. The fraction of sp³-hybridized carbons (Fsp3) is 0.800. The molecule has 1 aliphatic heterocycles. The lowest BCUT2D eigenvalue weighted by atomic mass is 9.91. The minimum atomic E-state index is -0.981. The van der Waals surface area contributed by atoms with Crippen LogP contribution < -0.4 is 16.5 Å². The normalized spacial score (nSPS) is 19.9. The number of guanidine groups is 1. The van der Waals surface area contributed by atoms with Gasteiger partial charge in [0.25, 0.3) is 5.96 Å². The summed E-state index contributed by atoms with van der Waals surface area (Å²) in [4.78, 5) is 53.9. The zero-order valence-corrected chi connectivity index (χ0v) is 20.0. The second kappa shape index (κ2) is 12.8. The molecule has 0 radical (unpaired) electrons. The molecule has 0 aliphatic carbocycles. The van der Waals surface area contributed by atoms with Crippen LogP contribution >= 0.6 is 0 Å². The van der Waals surface area contributed by atoms with E-state index < -0.39 is 40.7 Å². The van der Waals surface area contributed by atoms with Crippen molar-refractivity contribution in [3.05, 3.63) is 10.1 Å². The number of nitrogens with zero attached hydrogens (tertiary/aromatic N) is 3. The second-order valence-electron chi connectivity index (χ2n) is 8.91. The Bertz CT molecular complexity index is 737. The van der Waals surface area contributed by atoms with E-state index in [4.69, 9.17) is 15.2 Å². The zero-order chi connectivity index (χ0) is 25.2. The van der Waals surface area contributed by atoms with Crippen molar-refractivity contribution >= 4 is 23.9 Å². The fourth-order valence-electron chi connectivity index (χ4n) is 3.40. The van der Waals surface area contributed by atoms with Crippen molar-refractivity contribution in [2.45, 2.75) is 78.0 Å². The minimum absolute atomic E-state index is 0.0881. The quantitative estimate of drug-likeness (QED) is 0.110. The predicted molar refractivity (Wildman–Crippen MR) is 120 cm³/mol. The van der Waals surface area contributed by atoms with Gasteiger partial charge >= 0.3 is 12.1 Å². The molecule has 1 fully saturated rings. The number of nitro groups is 1. The van der Waals surface area contributed by atoms with Crippen molar-refractivity contribution in [2.75, 3.05) is 19.7 Å². The van der Waals surface area contributed by atoms with Gasteiger partial charge in [-0.2, -0.15) is 0 Å². The van der Waals surface area contributed by atoms with E-state index in [9.17, 15) is 24.5 Å². The fourth-order valence-corrected chi connectivity index (χ4v) is 3.40. The highest BCUT2D eigenvalue weighted by Crippen LogP contribution is 2.25. The summed E-state index contributed by atoms with van der Waals surface area (Å²) in [6.07, 6.45) is 0.873. The van der Waals surface area contributed by atoms with E-state index in [1.165, 1.54) is 4.90 Å². The molecule has 3 unspecified atom stereocenters. The van der Waals surface area contributed by atoms with Gasteiger partial charge in [-0.25, -0.2) is 24.7 Å². The van der Waals surface area contributed by atoms with Crippen LogP contribution in [0.25, 0.3) is 0 Å². The molecule has 0 aromatic heterocycles. The van der Waals surface area contributed by atoms with Crippen LogP contribution in [-0.2, 0) is 19.1 Å². The monoisotopic (exact) mass is 472 g/mol. The lowest BCUT2D eigenvalue weighted by molar-refractivity contribution is -0.525. The summed E-state index contributed by atoms with van der Waals surface area (Å²) >= 11 is 0. The molecular formula is C20H36N6O7. The number of hydrogen-bond donors (Lipinski definition) is 3. The SMILES string of the molecule is CCOC(=O)C1CC(C)CCN1C(=O)C(CCCN=C(N)N[N+](=O)[O-])NC(=O)OC(C)(C)C. The standard InChI is InChI=1S/C20H36N6O7/c1-6-32-17(28)15-12-13(2)9-11-25(15)16(27)14(23-19(29)33-20(3,4)5)8-7-10-22-18(21)24-26(30)31/h13-15H,6-12H2,1-5H3,(H,23,29)(H3,21,22,24). The number of rotatable bonds is 9. The molecule has 188 valence electrons. The molecule has 0 aromatic rings. The first kappa shape index (κ1) is 27.9. The van der Waals surface area contributed by atoms with Gasteiger partial charge in [0.05, 0.1) is 6.61 Å². The Morgan fingerprint density at radius 1 is 1.33 bits per heavy atom. The van der Waals surface area contributed by atoms with Crippen molar-refractivity contribution in [1.29, 1.82) is 0 Å². The summed E-state index contributed by atoms with van der Waals surface area (Å²) in [6.45, 7) is 9.45. The second-order valence-corrected chi connectivity index (χ2v) is 8.91. The number of amides is 2. The molecule has 1 heterocycles. The highest BCUT2D eigenvalue weighted by molar-refractivity contribution is 5.90. The number of hydrogen-bond acceptors (Lipinski definition) is 8. The largest absolute Gasteiger partial charge is 0.464 e. The van der Waals surface area contributed by atoms with E-state index in [-0.39, 0.29) is 31.4 Å². The maximum Gasteiger partial charge on any atom is 0.408 e. The summed E-state index contributed by atoms with van der Waals surface area (Å²) in [5.74, 6) is -1.02. The van der Waals surface area contributed by atoms with Gasteiger partial charge < -0.3 is 25.4 Å². The maximum atomic E-state index is 13.4. The molecule has 13 heteroatoms. The summed E-state index contributed by atoms with van der Waals surface area (Å²) in [5, 5.41) is 12.1. The maximum absolute atomic E-state index is 13.4. The van der Waals surface area contributed by atoms with Crippen molar-refractivity contribution in [1.82, 2.24) is 15.6 Å². The summed E-state index contributed by atoms with van der Waals surface area (Å²) in [5.41, 5.74) is 6.36. The Morgan fingerprint density at radius 2 is 2.00 bits per heavy atom. The third-order valence-electron chi connectivity index (χ3n) is 4.83.